The van der Waals surface area contributed by atoms with E-state index in [9.17, 15) is 0 Å². The summed E-state index contributed by atoms with van der Waals surface area (Å²) < 4.78 is 0. The second-order valence-electron chi connectivity index (χ2n) is 5.23. The molecule has 0 aliphatic heterocycles. The Labute approximate surface area is 87.7 Å². The number of rotatable bonds is 2. The molecular weight excluding hydrogens is 184 g/mol. The molecule has 0 heterocycles. The molecular formula is C13H18Si. The first kappa shape index (κ1) is 9.72. The Balaban J connectivity index is 2.18. The van der Waals surface area contributed by atoms with Crippen LogP contribution in [-0.2, 0) is 12.8 Å². The van der Waals surface area contributed by atoms with E-state index < -0.39 is 8.07 Å². The van der Waals surface area contributed by atoms with Gasteiger partial charge in [0.2, 0.25) is 0 Å². The fourth-order valence-corrected chi connectivity index (χ4v) is 2.36. The highest BCUT2D eigenvalue weighted by Crippen LogP contribution is 2.24. The molecule has 0 fully saturated rings. The first-order valence-corrected chi connectivity index (χ1v) is 8.93. The summed E-state index contributed by atoms with van der Waals surface area (Å²) in [5, 5.41) is 0. The molecule has 14 heavy (non-hydrogen) atoms. The molecule has 0 bridgehead atoms. The Bertz CT molecular complexity index is 369. The van der Waals surface area contributed by atoms with Crippen LogP contribution >= 0.6 is 0 Å². The van der Waals surface area contributed by atoms with Crippen LogP contribution in [0.1, 0.15) is 16.7 Å². The second-order valence-corrected chi connectivity index (χ2v) is 10.3. The van der Waals surface area contributed by atoms with E-state index in [-0.39, 0.29) is 0 Å². The normalized spacial score (nSPS) is 15.4. The largest absolute Gasteiger partial charge is 0.0944 e. The third-order valence-corrected chi connectivity index (χ3v) is 3.84. The van der Waals surface area contributed by atoms with E-state index in [4.69, 9.17) is 0 Å². The topological polar surface area (TPSA) is 0 Å². The third kappa shape index (κ3) is 2.15. The molecule has 0 radical (unpaired) electrons. The number of hydrogen-bond donors (Lipinski definition) is 0. The number of hydrogen-bond acceptors (Lipinski definition) is 0. The van der Waals surface area contributed by atoms with Crippen molar-refractivity contribution in [2.45, 2.75) is 32.5 Å². The van der Waals surface area contributed by atoms with Crippen LogP contribution in [0.25, 0.3) is 6.08 Å². The average molecular weight is 202 g/mol. The van der Waals surface area contributed by atoms with Gasteiger partial charge in [-0.25, -0.2) is 0 Å². The molecule has 1 aliphatic rings. The lowest BCUT2D eigenvalue weighted by Crippen LogP contribution is -2.15. The Morgan fingerprint density at radius 1 is 1.07 bits per heavy atom. The standard InChI is InChI=1S/C13H18Si/c1-14(2,3)9-8-11-4-5-12-6-7-13(12)10-11/h4-5,8-10H,6-7H2,1-3H3/b9-8+. The van der Waals surface area contributed by atoms with Crippen molar-refractivity contribution in [3.05, 3.63) is 40.6 Å². The zero-order chi connectivity index (χ0) is 10.2. The predicted octanol–water partition coefficient (Wildman–Crippen LogP) is 3.68. The van der Waals surface area contributed by atoms with Gasteiger partial charge in [0.25, 0.3) is 0 Å². The number of benzene rings is 1. The van der Waals surface area contributed by atoms with E-state index in [1.165, 1.54) is 18.4 Å². The molecule has 1 aromatic carbocycles. The van der Waals surface area contributed by atoms with Crippen LogP contribution in [0.2, 0.25) is 19.6 Å². The van der Waals surface area contributed by atoms with Gasteiger partial charge in [-0.1, -0.05) is 49.6 Å². The van der Waals surface area contributed by atoms with Gasteiger partial charge in [-0.3, -0.25) is 0 Å². The first-order chi connectivity index (χ1) is 6.54. The average Bonchev–Trinajstić information content (AvgIpc) is 2.03. The van der Waals surface area contributed by atoms with Crippen molar-refractivity contribution >= 4 is 14.1 Å². The SMILES string of the molecule is C[Si](C)(C)/C=C/c1ccc2c(c1)CC2. The maximum atomic E-state index is 2.41. The Morgan fingerprint density at radius 3 is 2.29 bits per heavy atom. The molecule has 0 spiro atoms. The van der Waals surface area contributed by atoms with E-state index in [0.29, 0.717) is 0 Å². The highest BCUT2D eigenvalue weighted by Gasteiger charge is 2.12. The van der Waals surface area contributed by atoms with E-state index in [1.54, 1.807) is 11.1 Å². The Kier molecular flexibility index (Phi) is 2.36. The van der Waals surface area contributed by atoms with Gasteiger partial charge in [-0.05, 0) is 29.5 Å². The quantitative estimate of drug-likeness (QED) is 0.642. The molecule has 2 rings (SSSR count). The second kappa shape index (κ2) is 3.39. The molecule has 0 aromatic heterocycles. The summed E-state index contributed by atoms with van der Waals surface area (Å²) in [7, 11) is -1.03. The van der Waals surface area contributed by atoms with Gasteiger partial charge in [0.15, 0.2) is 0 Å². The smallest absolute Gasteiger partial charge is 0.0687 e. The molecule has 0 saturated heterocycles. The minimum absolute atomic E-state index is 1.03. The number of fused-ring (bicyclic) bond motifs is 1. The molecule has 1 heteroatoms. The van der Waals surface area contributed by atoms with Gasteiger partial charge >= 0.3 is 0 Å². The summed E-state index contributed by atoms with van der Waals surface area (Å²) in [6, 6.07) is 6.87. The molecule has 0 nitrogen and oxygen atoms in total. The third-order valence-electron chi connectivity index (χ3n) is 2.67. The van der Waals surface area contributed by atoms with Gasteiger partial charge in [0, 0.05) is 0 Å². The van der Waals surface area contributed by atoms with Crippen molar-refractivity contribution in [3.8, 4) is 0 Å². The highest BCUT2D eigenvalue weighted by atomic mass is 28.3. The lowest BCUT2D eigenvalue weighted by Gasteiger charge is -2.18. The summed E-state index contributed by atoms with van der Waals surface area (Å²) in [5.74, 6) is 0. The zero-order valence-electron chi connectivity index (χ0n) is 9.30. The van der Waals surface area contributed by atoms with Gasteiger partial charge < -0.3 is 0 Å². The lowest BCUT2D eigenvalue weighted by atomic mass is 9.87. The molecule has 0 N–H and O–H groups in total. The number of aryl methyl sites for hydroxylation is 2. The van der Waals surface area contributed by atoms with Crippen molar-refractivity contribution in [2.24, 2.45) is 0 Å². The fraction of sp³-hybridized carbons (Fsp3) is 0.385. The van der Waals surface area contributed by atoms with Crippen molar-refractivity contribution in [1.82, 2.24) is 0 Å². The van der Waals surface area contributed by atoms with E-state index in [0.717, 1.165) is 0 Å². The van der Waals surface area contributed by atoms with Crippen LogP contribution in [0.4, 0.5) is 0 Å². The van der Waals surface area contributed by atoms with Gasteiger partial charge in [0.1, 0.15) is 0 Å². The Morgan fingerprint density at radius 2 is 1.79 bits per heavy atom. The van der Waals surface area contributed by atoms with E-state index in [1.807, 2.05) is 0 Å². The molecule has 0 saturated carbocycles. The van der Waals surface area contributed by atoms with Crippen LogP contribution in [0, 0.1) is 0 Å². The zero-order valence-corrected chi connectivity index (χ0v) is 10.3. The fourth-order valence-electron chi connectivity index (χ4n) is 1.66. The van der Waals surface area contributed by atoms with E-state index >= 15 is 0 Å². The molecule has 74 valence electrons. The maximum Gasteiger partial charge on any atom is 0.0687 e. The molecule has 0 unspecified atom stereocenters. The summed E-state index contributed by atoms with van der Waals surface area (Å²) in [4.78, 5) is 0. The molecule has 1 aromatic rings. The highest BCUT2D eigenvalue weighted by molar-refractivity contribution is 6.81. The first-order valence-electron chi connectivity index (χ1n) is 5.36. The van der Waals surface area contributed by atoms with Crippen molar-refractivity contribution in [3.63, 3.8) is 0 Å². The molecule has 0 amide bonds. The van der Waals surface area contributed by atoms with Gasteiger partial charge in [0.05, 0.1) is 8.07 Å². The summed E-state index contributed by atoms with van der Waals surface area (Å²) in [6.45, 7) is 7.10. The summed E-state index contributed by atoms with van der Waals surface area (Å²) in [5.41, 5.74) is 6.90. The Hall–Kier alpha value is -0.823. The van der Waals surface area contributed by atoms with Crippen LogP contribution in [0.5, 0.6) is 0 Å². The van der Waals surface area contributed by atoms with Crippen molar-refractivity contribution in [2.75, 3.05) is 0 Å². The van der Waals surface area contributed by atoms with Crippen LogP contribution in [-0.4, -0.2) is 8.07 Å². The molecule has 0 atom stereocenters. The monoisotopic (exact) mass is 202 g/mol. The van der Waals surface area contributed by atoms with Crippen LogP contribution < -0.4 is 0 Å². The van der Waals surface area contributed by atoms with Crippen molar-refractivity contribution < 1.29 is 0 Å². The minimum Gasteiger partial charge on any atom is -0.0944 e. The van der Waals surface area contributed by atoms with Gasteiger partial charge in [-0.2, -0.15) is 0 Å². The minimum atomic E-state index is -1.03. The van der Waals surface area contributed by atoms with Gasteiger partial charge in [-0.15, -0.1) is 0 Å². The van der Waals surface area contributed by atoms with Crippen LogP contribution in [0.15, 0.2) is 23.9 Å². The molecule has 1 aliphatic carbocycles. The van der Waals surface area contributed by atoms with Crippen molar-refractivity contribution in [1.29, 1.82) is 0 Å². The summed E-state index contributed by atoms with van der Waals surface area (Å²) in [6.07, 6.45) is 4.86. The van der Waals surface area contributed by atoms with Crippen LogP contribution in [0.3, 0.4) is 0 Å². The lowest BCUT2D eigenvalue weighted by molar-refractivity contribution is 0.839. The maximum absolute atomic E-state index is 2.41. The predicted molar refractivity (Wildman–Crippen MR) is 66.2 cm³/mol. The van der Waals surface area contributed by atoms with E-state index in [2.05, 4.69) is 49.6 Å². The summed E-state index contributed by atoms with van der Waals surface area (Å²) >= 11 is 0.